The first-order valence-electron chi connectivity index (χ1n) is 5.67. The summed E-state index contributed by atoms with van der Waals surface area (Å²) in [4.78, 5) is 12.4. The number of rotatable bonds is 0. The lowest BCUT2D eigenvalue weighted by molar-refractivity contribution is 0.103. The Morgan fingerprint density at radius 3 is 2.47 bits per heavy atom. The van der Waals surface area contributed by atoms with Gasteiger partial charge in [0.2, 0.25) is 0 Å². The Bertz CT molecular complexity index is 602. The lowest BCUT2D eigenvalue weighted by Gasteiger charge is -2.04. The molecule has 1 aliphatic carbocycles. The summed E-state index contributed by atoms with van der Waals surface area (Å²) in [5.74, 6) is 0.116. The number of carbonyl (C=O) groups excluding carboxylic acids is 1. The molecule has 0 unspecified atom stereocenters. The standard InChI is InChI=1S/C15H11ClO/c16-12-7-8-14-11(9-12)6-5-10-3-1-2-4-13(10)15(14)17/h1-4,7-9H,5-6H2. The summed E-state index contributed by atoms with van der Waals surface area (Å²) in [6.07, 6.45) is 1.77. The van der Waals surface area contributed by atoms with Crippen LogP contribution in [0.3, 0.4) is 0 Å². The first-order chi connectivity index (χ1) is 8.25. The molecule has 3 rings (SSSR count). The van der Waals surface area contributed by atoms with Crippen LogP contribution >= 0.6 is 11.6 Å². The van der Waals surface area contributed by atoms with Crippen LogP contribution in [-0.4, -0.2) is 5.78 Å². The molecule has 2 aromatic carbocycles. The van der Waals surface area contributed by atoms with Crippen molar-refractivity contribution < 1.29 is 4.79 Å². The van der Waals surface area contributed by atoms with Gasteiger partial charge in [-0.25, -0.2) is 0 Å². The van der Waals surface area contributed by atoms with E-state index >= 15 is 0 Å². The van der Waals surface area contributed by atoms with Gasteiger partial charge in [0, 0.05) is 16.1 Å². The van der Waals surface area contributed by atoms with Gasteiger partial charge in [-0.3, -0.25) is 4.79 Å². The summed E-state index contributed by atoms with van der Waals surface area (Å²) >= 11 is 5.98. The maximum absolute atomic E-state index is 12.4. The van der Waals surface area contributed by atoms with Crippen molar-refractivity contribution in [1.29, 1.82) is 0 Å². The van der Waals surface area contributed by atoms with Crippen LogP contribution < -0.4 is 0 Å². The highest BCUT2D eigenvalue weighted by Crippen LogP contribution is 2.26. The molecule has 1 aliphatic rings. The van der Waals surface area contributed by atoms with Gasteiger partial charge in [0.25, 0.3) is 0 Å². The Kier molecular flexibility index (Phi) is 2.49. The minimum atomic E-state index is 0.116. The zero-order chi connectivity index (χ0) is 11.8. The Hall–Kier alpha value is -1.60. The van der Waals surface area contributed by atoms with E-state index in [-0.39, 0.29) is 5.78 Å². The van der Waals surface area contributed by atoms with Gasteiger partial charge < -0.3 is 0 Å². The zero-order valence-corrected chi connectivity index (χ0v) is 10.00. The molecule has 0 amide bonds. The van der Waals surface area contributed by atoms with Crippen LogP contribution in [-0.2, 0) is 12.8 Å². The summed E-state index contributed by atoms with van der Waals surface area (Å²) in [7, 11) is 0. The van der Waals surface area contributed by atoms with Crippen molar-refractivity contribution >= 4 is 17.4 Å². The molecule has 2 heteroatoms. The molecule has 0 spiro atoms. The summed E-state index contributed by atoms with van der Waals surface area (Å²) in [5, 5.41) is 0.697. The molecule has 0 aliphatic heterocycles. The van der Waals surface area contributed by atoms with E-state index < -0.39 is 0 Å². The number of hydrogen-bond acceptors (Lipinski definition) is 1. The maximum atomic E-state index is 12.4. The van der Waals surface area contributed by atoms with Crippen LogP contribution in [0.15, 0.2) is 42.5 Å². The predicted octanol–water partition coefficient (Wildman–Crippen LogP) is 3.67. The fraction of sp³-hybridized carbons (Fsp3) is 0.133. The van der Waals surface area contributed by atoms with Crippen molar-refractivity contribution in [2.24, 2.45) is 0 Å². The van der Waals surface area contributed by atoms with Crippen molar-refractivity contribution in [2.75, 3.05) is 0 Å². The van der Waals surface area contributed by atoms with Crippen LogP contribution in [0.4, 0.5) is 0 Å². The molecule has 0 heterocycles. The van der Waals surface area contributed by atoms with Crippen LogP contribution in [0.1, 0.15) is 27.0 Å². The number of benzene rings is 2. The monoisotopic (exact) mass is 242 g/mol. The summed E-state index contributed by atoms with van der Waals surface area (Å²) < 4.78 is 0. The number of carbonyl (C=O) groups is 1. The molecule has 17 heavy (non-hydrogen) atoms. The summed E-state index contributed by atoms with van der Waals surface area (Å²) in [6, 6.07) is 13.4. The number of aryl methyl sites for hydroxylation is 2. The second-order valence-electron chi connectivity index (χ2n) is 4.29. The van der Waals surface area contributed by atoms with Gasteiger partial charge in [-0.1, -0.05) is 35.9 Å². The van der Waals surface area contributed by atoms with E-state index in [1.165, 1.54) is 0 Å². The molecule has 0 saturated heterocycles. The number of ketones is 1. The fourth-order valence-corrected chi connectivity index (χ4v) is 2.56. The van der Waals surface area contributed by atoms with Crippen LogP contribution in [0, 0.1) is 0 Å². The molecule has 0 aromatic heterocycles. The second kappa shape index (κ2) is 4.01. The van der Waals surface area contributed by atoms with Gasteiger partial charge in [0.1, 0.15) is 0 Å². The van der Waals surface area contributed by atoms with Crippen molar-refractivity contribution in [3.8, 4) is 0 Å². The topological polar surface area (TPSA) is 17.1 Å². The molecule has 0 radical (unpaired) electrons. The highest BCUT2D eigenvalue weighted by atomic mass is 35.5. The minimum Gasteiger partial charge on any atom is -0.289 e. The maximum Gasteiger partial charge on any atom is 0.193 e. The SMILES string of the molecule is O=C1c2ccccc2CCc2cc(Cl)ccc21. The van der Waals surface area contributed by atoms with E-state index in [2.05, 4.69) is 0 Å². The normalized spacial score (nSPS) is 13.8. The van der Waals surface area contributed by atoms with Gasteiger partial charge in [-0.2, -0.15) is 0 Å². The van der Waals surface area contributed by atoms with E-state index in [1.54, 1.807) is 6.07 Å². The van der Waals surface area contributed by atoms with Gasteiger partial charge in [-0.15, -0.1) is 0 Å². The summed E-state index contributed by atoms with van der Waals surface area (Å²) in [6.45, 7) is 0. The highest BCUT2D eigenvalue weighted by Gasteiger charge is 2.20. The molecule has 1 nitrogen and oxygen atoms in total. The Balaban J connectivity index is 2.20. The van der Waals surface area contributed by atoms with Gasteiger partial charge in [0.15, 0.2) is 5.78 Å². The molecule has 0 atom stereocenters. The molecule has 2 aromatic rings. The largest absolute Gasteiger partial charge is 0.289 e. The molecular formula is C15H11ClO. The lowest BCUT2D eigenvalue weighted by Crippen LogP contribution is -2.03. The van der Waals surface area contributed by atoms with Crippen LogP contribution in [0.5, 0.6) is 0 Å². The lowest BCUT2D eigenvalue weighted by atomic mass is 9.99. The number of fused-ring (bicyclic) bond motifs is 2. The van der Waals surface area contributed by atoms with Crippen molar-refractivity contribution in [3.63, 3.8) is 0 Å². The van der Waals surface area contributed by atoms with Crippen molar-refractivity contribution in [2.45, 2.75) is 12.8 Å². The Labute approximate surface area is 105 Å². The first kappa shape index (κ1) is 10.5. The van der Waals surface area contributed by atoms with E-state index in [1.807, 2.05) is 36.4 Å². The third-order valence-electron chi connectivity index (χ3n) is 3.24. The number of hydrogen-bond donors (Lipinski definition) is 0. The fourth-order valence-electron chi connectivity index (χ4n) is 2.36. The molecule has 0 fully saturated rings. The van der Waals surface area contributed by atoms with Gasteiger partial charge in [-0.05, 0) is 42.2 Å². The molecular weight excluding hydrogens is 232 g/mol. The van der Waals surface area contributed by atoms with E-state index in [0.29, 0.717) is 5.02 Å². The van der Waals surface area contributed by atoms with Gasteiger partial charge >= 0.3 is 0 Å². The molecule has 0 saturated carbocycles. The average molecular weight is 243 g/mol. The van der Waals surface area contributed by atoms with E-state index in [0.717, 1.165) is 35.1 Å². The van der Waals surface area contributed by atoms with Crippen molar-refractivity contribution in [1.82, 2.24) is 0 Å². The third kappa shape index (κ3) is 1.77. The Morgan fingerprint density at radius 2 is 1.59 bits per heavy atom. The minimum absolute atomic E-state index is 0.116. The molecule has 0 N–H and O–H groups in total. The van der Waals surface area contributed by atoms with Gasteiger partial charge in [0.05, 0.1) is 0 Å². The first-order valence-corrected chi connectivity index (χ1v) is 6.04. The van der Waals surface area contributed by atoms with Crippen LogP contribution in [0.2, 0.25) is 5.02 Å². The van der Waals surface area contributed by atoms with E-state index in [9.17, 15) is 4.79 Å². The third-order valence-corrected chi connectivity index (χ3v) is 3.47. The van der Waals surface area contributed by atoms with Crippen molar-refractivity contribution in [3.05, 3.63) is 69.7 Å². The smallest absolute Gasteiger partial charge is 0.193 e. The number of halogens is 1. The zero-order valence-electron chi connectivity index (χ0n) is 9.24. The molecule has 84 valence electrons. The predicted molar refractivity (Wildman–Crippen MR) is 68.7 cm³/mol. The molecule has 0 bridgehead atoms. The average Bonchev–Trinajstić information content (AvgIpc) is 2.48. The highest BCUT2D eigenvalue weighted by molar-refractivity contribution is 6.30. The Morgan fingerprint density at radius 1 is 0.882 bits per heavy atom. The second-order valence-corrected chi connectivity index (χ2v) is 4.72. The van der Waals surface area contributed by atoms with E-state index in [4.69, 9.17) is 11.6 Å². The quantitative estimate of drug-likeness (QED) is 0.689. The summed E-state index contributed by atoms with van der Waals surface area (Å²) in [5.41, 5.74) is 3.80. The van der Waals surface area contributed by atoms with Crippen LogP contribution in [0.25, 0.3) is 0 Å².